The van der Waals surface area contributed by atoms with Crippen molar-refractivity contribution in [3.05, 3.63) is 64.6 Å². The Labute approximate surface area is 134 Å². The average Bonchev–Trinajstić information content (AvgIpc) is 2.47. The molecule has 0 unspecified atom stereocenters. The number of nitrogens with zero attached hydrogens (tertiary/aromatic N) is 1. The van der Waals surface area contributed by atoms with E-state index in [1.54, 1.807) is 11.9 Å². The summed E-state index contributed by atoms with van der Waals surface area (Å²) in [6.07, 6.45) is 0. The van der Waals surface area contributed by atoms with Crippen molar-refractivity contribution >= 4 is 27.6 Å². The highest BCUT2D eigenvalue weighted by molar-refractivity contribution is 9.10. The molecule has 0 saturated heterocycles. The molecular weight excluding hydrogens is 328 g/mol. The topological polar surface area (TPSA) is 32.3 Å². The van der Waals surface area contributed by atoms with Gasteiger partial charge in [0.05, 0.1) is 5.54 Å². The fourth-order valence-electron chi connectivity index (χ4n) is 2.07. The molecule has 0 aliphatic heterocycles. The van der Waals surface area contributed by atoms with Crippen molar-refractivity contribution in [2.24, 2.45) is 0 Å². The van der Waals surface area contributed by atoms with Crippen LogP contribution in [0.1, 0.15) is 19.4 Å². The summed E-state index contributed by atoms with van der Waals surface area (Å²) in [5.74, 6) is 0. The quantitative estimate of drug-likeness (QED) is 0.869. The highest BCUT2D eigenvalue weighted by atomic mass is 79.9. The first-order valence-corrected chi connectivity index (χ1v) is 7.56. The highest BCUT2D eigenvalue weighted by Gasteiger charge is 2.25. The lowest BCUT2D eigenvalue weighted by Gasteiger charge is -2.30. The summed E-state index contributed by atoms with van der Waals surface area (Å²) in [5, 5.41) is 3.06. The number of urea groups is 1. The molecule has 0 saturated carbocycles. The third-order valence-electron chi connectivity index (χ3n) is 3.41. The Morgan fingerprint density at radius 2 is 1.76 bits per heavy atom. The van der Waals surface area contributed by atoms with Crippen molar-refractivity contribution in [2.45, 2.75) is 19.4 Å². The van der Waals surface area contributed by atoms with Gasteiger partial charge in [-0.25, -0.2) is 4.79 Å². The molecule has 21 heavy (non-hydrogen) atoms. The smallest absolute Gasteiger partial charge is 0.322 e. The number of amides is 2. The molecule has 2 aromatic rings. The summed E-state index contributed by atoms with van der Waals surface area (Å²) in [6, 6.07) is 17.4. The molecule has 2 rings (SSSR count). The van der Waals surface area contributed by atoms with Gasteiger partial charge in [0.1, 0.15) is 0 Å². The standard InChI is InChI=1S/C17H19BrN2O/c1-17(2,13-8-7-9-14(18)12-13)19-16(21)20(3)15-10-5-4-6-11-15/h4-12H,1-3H3,(H,19,21). The third-order valence-corrected chi connectivity index (χ3v) is 3.91. The van der Waals surface area contributed by atoms with Crippen LogP contribution in [0.5, 0.6) is 0 Å². The maximum Gasteiger partial charge on any atom is 0.322 e. The van der Waals surface area contributed by atoms with Gasteiger partial charge in [0.15, 0.2) is 0 Å². The zero-order valence-electron chi connectivity index (χ0n) is 12.4. The second-order valence-electron chi connectivity index (χ2n) is 5.46. The fourth-order valence-corrected chi connectivity index (χ4v) is 2.47. The largest absolute Gasteiger partial charge is 0.329 e. The van der Waals surface area contributed by atoms with Crippen LogP contribution < -0.4 is 10.2 Å². The minimum Gasteiger partial charge on any atom is -0.329 e. The number of para-hydroxylation sites is 1. The van der Waals surface area contributed by atoms with Gasteiger partial charge in [0, 0.05) is 17.2 Å². The van der Waals surface area contributed by atoms with Crippen molar-refractivity contribution in [2.75, 3.05) is 11.9 Å². The Bertz CT molecular complexity index is 626. The molecule has 2 amide bonds. The zero-order chi connectivity index (χ0) is 15.5. The van der Waals surface area contributed by atoms with Crippen LogP contribution in [0.4, 0.5) is 10.5 Å². The van der Waals surface area contributed by atoms with Gasteiger partial charge in [-0.05, 0) is 43.7 Å². The Morgan fingerprint density at radius 3 is 2.38 bits per heavy atom. The molecule has 0 aliphatic rings. The molecule has 4 heteroatoms. The van der Waals surface area contributed by atoms with Crippen LogP contribution in [0.15, 0.2) is 59.1 Å². The van der Waals surface area contributed by atoms with E-state index >= 15 is 0 Å². The Balaban J connectivity index is 2.14. The number of anilines is 1. The Hall–Kier alpha value is -1.81. The van der Waals surface area contributed by atoms with Crippen LogP contribution in [0.3, 0.4) is 0 Å². The van der Waals surface area contributed by atoms with Crippen LogP contribution >= 0.6 is 15.9 Å². The van der Waals surface area contributed by atoms with Crippen LogP contribution in [-0.2, 0) is 5.54 Å². The van der Waals surface area contributed by atoms with E-state index in [4.69, 9.17) is 0 Å². The number of carbonyl (C=O) groups is 1. The second kappa shape index (κ2) is 6.31. The van der Waals surface area contributed by atoms with Crippen molar-refractivity contribution in [1.82, 2.24) is 5.32 Å². The molecule has 0 fully saturated rings. The Kier molecular flexibility index (Phi) is 4.68. The lowest BCUT2D eigenvalue weighted by atomic mass is 9.94. The highest BCUT2D eigenvalue weighted by Crippen LogP contribution is 2.24. The average molecular weight is 347 g/mol. The number of nitrogens with one attached hydrogen (secondary N) is 1. The van der Waals surface area contributed by atoms with Crippen LogP contribution in [0.25, 0.3) is 0 Å². The van der Waals surface area contributed by atoms with E-state index < -0.39 is 5.54 Å². The number of hydrogen-bond acceptors (Lipinski definition) is 1. The van der Waals surface area contributed by atoms with Gasteiger partial charge < -0.3 is 5.32 Å². The monoisotopic (exact) mass is 346 g/mol. The predicted molar refractivity (Wildman–Crippen MR) is 90.5 cm³/mol. The van der Waals surface area contributed by atoms with E-state index in [1.165, 1.54) is 0 Å². The first kappa shape index (κ1) is 15.6. The molecule has 0 heterocycles. The number of rotatable bonds is 3. The van der Waals surface area contributed by atoms with Gasteiger partial charge in [-0.2, -0.15) is 0 Å². The van der Waals surface area contributed by atoms with Crippen molar-refractivity contribution in [1.29, 1.82) is 0 Å². The minimum absolute atomic E-state index is 0.133. The Morgan fingerprint density at radius 1 is 1.10 bits per heavy atom. The lowest BCUT2D eigenvalue weighted by Crippen LogP contribution is -2.47. The molecular formula is C17H19BrN2O. The first-order chi connectivity index (χ1) is 9.90. The predicted octanol–water partition coefficient (Wildman–Crippen LogP) is 4.53. The summed E-state index contributed by atoms with van der Waals surface area (Å²) in [5.41, 5.74) is 1.45. The normalized spacial score (nSPS) is 11.0. The second-order valence-corrected chi connectivity index (χ2v) is 6.38. The van der Waals surface area contributed by atoms with Gasteiger partial charge in [-0.3, -0.25) is 4.90 Å². The molecule has 0 aliphatic carbocycles. The lowest BCUT2D eigenvalue weighted by molar-refractivity contribution is 0.237. The molecule has 3 nitrogen and oxygen atoms in total. The van der Waals surface area contributed by atoms with Crippen molar-refractivity contribution in [3.63, 3.8) is 0 Å². The van der Waals surface area contributed by atoms with Crippen LogP contribution in [-0.4, -0.2) is 13.1 Å². The SMILES string of the molecule is CN(C(=O)NC(C)(C)c1cccc(Br)c1)c1ccccc1. The summed E-state index contributed by atoms with van der Waals surface area (Å²) >= 11 is 3.46. The molecule has 0 bridgehead atoms. The van der Waals surface area contributed by atoms with Gasteiger partial charge in [0.2, 0.25) is 0 Å². The molecule has 0 spiro atoms. The van der Waals surface area contributed by atoms with Crippen LogP contribution in [0, 0.1) is 0 Å². The maximum atomic E-state index is 12.4. The molecule has 0 radical (unpaired) electrons. The number of carbonyl (C=O) groups excluding carboxylic acids is 1. The van der Waals surface area contributed by atoms with E-state index in [2.05, 4.69) is 21.2 Å². The van der Waals surface area contributed by atoms with E-state index in [-0.39, 0.29) is 6.03 Å². The first-order valence-electron chi connectivity index (χ1n) is 6.77. The molecule has 110 valence electrons. The van der Waals surface area contributed by atoms with E-state index in [0.29, 0.717) is 0 Å². The van der Waals surface area contributed by atoms with Gasteiger partial charge in [0.25, 0.3) is 0 Å². The minimum atomic E-state index is -0.454. The van der Waals surface area contributed by atoms with E-state index in [9.17, 15) is 4.79 Å². The summed E-state index contributed by atoms with van der Waals surface area (Å²) < 4.78 is 0.999. The van der Waals surface area contributed by atoms with Crippen LogP contribution in [0.2, 0.25) is 0 Å². The van der Waals surface area contributed by atoms with E-state index in [0.717, 1.165) is 15.7 Å². The van der Waals surface area contributed by atoms with Gasteiger partial charge in [-0.15, -0.1) is 0 Å². The maximum absolute atomic E-state index is 12.4. The summed E-state index contributed by atoms with van der Waals surface area (Å²) in [7, 11) is 1.77. The molecule has 1 N–H and O–H groups in total. The molecule has 2 aromatic carbocycles. The third kappa shape index (κ3) is 3.85. The van der Waals surface area contributed by atoms with Gasteiger partial charge >= 0.3 is 6.03 Å². The fraction of sp³-hybridized carbons (Fsp3) is 0.235. The zero-order valence-corrected chi connectivity index (χ0v) is 14.0. The van der Waals surface area contributed by atoms with E-state index in [1.807, 2.05) is 68.4 Å². The molecule has 0 atom stereocenters. The summed E-state index contributed by atoms with van der Waals surface area (Å²) in [6.45, 7) is 3.98. The summed E-state index contributed by atoms with van der Waals surface area (Å²) in [4.78, 5) is 14.0. The van der Waals surface area contributed by atoms with Gasteiger partial charge in [-0.1, -0.05) is 46.3 Å². The van der Waals surface area contributed by atoms with Crippen molar-refractivity contribution in [3.8, 4) is 0 Å². The van der Waals surface area contributed by atoms with Crippen molar-refractivity contribution < 1.29 is 4.79 Å². The molecule has 0 aromatic heterocycles. The number of halogens is 1. The number of benzene rings is 2. The number of hydrogen-bond donors (Lipinski definition) is 1.